The molecule has 0 N–H and O–H groups in total. The predicted octanol–water partition coefficient (Wildman–Crippen LogP) is 10.6. The van der Waals surface area contributed by atoms with E-state index in [1.54, 1.807) is 0 Å². The van der Waals surface area contributed by atoms with Crippen LogP contribution in [-0.4, -0.2) is 31.3 Å². The van der Waals surface area contributed by atoms with Crippen molar-refractivity contribution >= 4 is 94.8 Å². The summed E-state index contributed by atoms with van der Waals surface area (Å²) in [5.41, 5.74) is 7.40. The standard InChI is InChI=1S/C28H31Br4N3OSi/c1-17-13-20(29)27(21(30)14-17)33-19(3)24-9-7-10-25(34-24)26(11-8-12-36-37(4,5)6)35-28-22(31)15-18(2)16-23(28)32/h7,9-10,13-16H,8,11-12H2,1-6H3. The molecule has 9 heteroatoms. The molecule has 1 heterocycles. The molecule has 0 fully saturated rings. The number of benzene rings is 2. The van der Waals surface area contributed by atoms with Crippen molar-refractivity contribution in [1.29, 1.82) is 0 Å². The van der Waals surface area contributed by atoms with Gasteiger partial charge in [-0.15, -0.1) is 0 Å². The lowest BCUT2D eigenvalue weighted by Crippen LogP contribution is -2.26. The molecule has 3 rings (SSSR count). The molecule has 0 spiro atoms. The number of pyridine rings is 1. The molecular weight excluding hydrogens is 742 g/mol. The van der Waals surface area contributed by atoms with E-state index in [2.05, 4.69) is 121 Å². The first kappa shape index (κ1) is 30.6. The first-order valence-electron chi connectivity index (χ1n) is 12.0. The Hall–Kier alpha value is -0.973. The van der Waals surface area contributed by atoms with Gasteiger partial charge in [-0.2, -0.15) is 0 Å². The highest BCUT2D eigenvalue weighted by Gasteiger charge is 2.16. The van der Waals surface area contributed by atoms with Crippen LogP contribution in [0.15, 0.2) is 70.3 Å². The first-order valence-corrected chi connectivity index (χ1v) is 18.6. The molecule has 0 aliphatic heterocycles. The fourth-order valence-corrected chi connectivity index (χ4v) is 7.56. The molecule has 3 aromatic rings. The number of aliphatic imine (C=N–C) groups is 2. The van der Waals surface area contributed by atoms with Gasteiger partial charge in [0.05, 0.1) is 34.2 Å². The Bertz CT molecular complexity index is 1300. The maximum atomic E-state index is 6.11. The van der Waals surface area contributed by atoms with E-state index in [1.165, 1.54) is 0 Å². The van der Waals surface area contributed by atoms with Gasteiger partial charge in [-0.1, -0.05) is 6.07 Å². The highest BCUT2D eigenvalue weighted by atomic mass is 79.9. The molecular formula is C28H31Br4N3OSi. The quantitative estimate of drug-likeness (QED) is 0.124. The van der Waals surface area contributed by atoms with Crippen LogP contribution in [0.5, 0.6) is 0 Å². The minimum absolute atomic E-state index is 0.709. The van der Waals surface area contributed by atoms with Crippen LogP contribution in [0.4, 0.5) is 11.4 Å². The van der Waals surface area contributed by atoms with Crippen LogP contribution in [0.3, 0.4) is 0 Å². The molecule has 2 aromatic carbocycles. The first-order chi connectivity index (χ1) is 17.3. The van der Waals surface area contributed by atoms with Crippen LogP contribution in [0.2, 0.25) is 19.6 Å². The molecule has 0 unspecified atom stereocenters. The average molecular weight is 773 g/mol. The normalized spacial score (nSPS) is 12.8. The van der Waals surface area contributed by atoms with E-state index in [4.69, 9.17) is 19.4 Å². The summed E-state index contributed by atoms with van der Waals surface area (Å²) in [5.74, 6) is 0. The van der Waals surface area contributed by atoms with Crippen LogP contribution in [0.1, 0.15) is 42.3 Å². The number of aromatic nitrogens is 1. The van der Waals surface area contributed by atoms with Gasteiger partial charge in [-0.05, 0) is 164 Å². The summed E-state index contributed by atoms with van der Waals surface area (Å²) in [6, 6.07) is 14.3. The van der Waals surface area contributed by atoms with Crippen molar-refractivity contribution in [2.24, 2.45) is 9.98 Å². The summed E-state index contributed by atoms with van der Waals surface area (Å²) >= 11 is 14.7. The van der Waals surface area contributed by atoms with Gasteiger partial charge >= 0.3 is 0 Å². The minimum Gasteiger partial charge on any atom is -0.418 e. The molecule has 37 heavy (non-hydrogen) atoms. The highest BCUT2D eigenvalue weighted by Crippen LogP contribution is 2.36. The second-order valence-electron chi connectivity index (χ2n) is 9.88. The van der Waals surface area contributed by atoms with Gasteiger partial charge in [-0.3, -0.25) is 0 Å². The zero-order valence-corrected chi connectivity index (χ0v) is 29.3. The summed E-state index contributed by atoms with van der Waals surface area (Å²) in [5, 5.41) is 0. The largest absolute Gasteiger partial charge is 0.418 e. The third kappa shape index (κ3) is 9.04. The molecule has 0 saturated heterocycles. The molecule has 0 aliphatic carbocycles. The molecule has 0 atom stereocenters. The number of hydrogen-bond acceptors (Lipinski definition) is 4. The maximum Gasteiger partial charge on any atom is 0.183 e. The van der Waals surface area contributed by atoms with Crippen LogP contribution < -0.4 is 0 Å². The topological polar surface area (TPSA) is 46.8 Å². The van der Waals surface area contributed by atoms with Crippen molar-refractivity contribution in [2.45, 2.75) is 53.3 Å². The van der Waals surface area contributed by atoms with Crippen molar-refractivity contribution < 1.29 is 4.43 Å². The highest BCUT2D eigenvalue weighted by molar-refractivity contribution is 9.11. The number of hydrogen-bond donors (Lipinski definition) is 0. The second-order valence-corrected chi connectivity index (χ2v) is 17.8. The Balaban J connectivity index is 2.01. The average Bonchev–Trinajstić information content (AvgIpc) is 2.79. The number of halogens is 4. The van der Waals surface area contributed by atoms with E-state index in [-0.39, 0.29) is 0 Å². The lowest BCUT2D eigenvalue weighted by molar-refractivity contribution is 0.307. The SMILES string of the molecule is CC(=Nc1c(Br)cc(C)cc1Br)c1cccc(C(CCCO[Si](C)(C)C)=Nc2c(Br)cc(C)cc2Br)n1. The zero-order valence-electron chi connectivity index (χ0n) is 21.9. The summed E-state index contributed by atoms with van der Waals surface area (Å²) in [4.78, 5) is 15.0. The number of aryl methyl sites for hydroxylation is 2. The summed E-state index contributed by atoms with van der Waals surface area (Å²) in [6.07, 6.45) is 1.62. The van der Waals surface area contributed by atoms with Gasteiger partial charge in [0, 0.05) is 24.5 Å². The molecule has 0 saturated carbocycles. The molecule has 4 nitrogen and oxygen atoms in total. The fraction of sp³-hybridized carbons (Fsp3) is 0.321. The lowest BCUT2D eigenvalue weighted by atomic mass is 10.1. The van der Waals surface area contributed by atoms with Gasteiger partial charge in [0.15, 0.2) is 8.32 Å². The molecule has 0 bridgehead atoms. The Labute approximate surface area is 255 Å². The van der Waals surface area contributed by atoms with Crippen molar-refractivity contribution in [3.8, 4) is 0 Å². The van der Waals surface area contributed by atoms with Crippen molar-refractivity contribution in [3.63, 3.8) is 0 Å². The summed E-state index contributed by atoms with van der Waals surface area (Å²) < 4.78 is 9.87. The van der Waals surface area contributed by atoms with E-state index >= 15 is 0 Å². The monoisotopic (exact) mass is 769 g/mol. The molecule has 196 valence electrons. The van der Waals surface area contributed by atoms with Crippen molar-refractivity contribution in [3.05, 3.63) is 82.9 Å². The summed E-state index contributed by atoms with van der Waals surface area (Å²) in [7, 11) is -1.57. The van der Waals surface area contributed by atoms with Gasteiger partial charge < -0.3 is 4.43 Å². The Morgan fingerprint density at radius 2 is 1.30 bits per heavy atom. The lowest BCUT2D eigenvalue weighted by Gasteiger charge is -2.17. The van der Waals surface area contributed by atoms with Crippen molar-refractivity contribution in [1.82, 2.24) is 4.98 Å². The van der Waals surface area contributed by atoms with E-state index in [0.29, 0.717) is 6.61 Å². The van der Waals surface area contributed by atoms with Crippen LogP contribution in [0, 0.1) is 13.8 Å². The summed E-state index contributed by atoms with van der Waals surface area (Å²) in [6.45, 7) is 13.4. The van der Waals surface area contributed by atoms with E-state index in [9.17, 15) is 0 Å². The molecule has 1 aromatic heterocycles. The predicted molar refractivity (Wildman–Crippen MR) is 174 cm³/mol. The number of rotatable bonds is 9. The van der Waals surface area contributed by atoms with Crippen LogP contribution in [0.25, 0.3) is 0 Å². The third-order valence-corrected chi connectivity index (χ3v) is 8.85. The Kier molecular flexibility index (Phi) is 11.1. The zero-order chi connectivity index (χ0) is 27.3. The van der Waals surface area contributed by atoms with Gasteiger partial charge in [-0.25, -0.2) is 15.0 Å². The molecule has 0 radical (unpaired) electrons. The van der Waals surface area contributed by atoms with Gasteiger partial charge in [0.2, 0.25) is 0 Å². The number of nitrogens with zero attached hydrogens (tertiary/aromatic N) is 3. The third-order valence-electron chi connectivity index (χ3n) is 5.36. The maximum absolute atomic E-state index is 6.11. The van der Waals surface area contributed by atoms with E-state index in [0.717, 1.165) is 76.0 Å². The van der Waals surface area contributed by atoms with Gasteiger partial charge in [0.25, 0.3) is 0 Å². The molecule has 0 aliphatic rings. The van der Waals surface area contributed by atoms with Crippen LogP contribution in [-0.2, 0) is 4.43 Å². The smallest absolute Gasteiger partial charge is 0.183 e. The van der Waals surface area contributed by atoms with Crippen LogP contribution >= 0.6 is 63.7 Å². The van der Waals surface area contributed by atoms with E-state index in [1.807, 2.05) is 25.1 Å². The van der Waals surface area contributed by atoms with Crippen molar-refractivity contribution in [2.75, 3.05) is 6.61 Å². The van der Waals surface area contributed by atoms with Gasteiger partial charge in [0.1, 0.15) is 0 Å². The Morgan fingerprint density at radius 1 is 0.811 bits per heavy atom. The Morgan fingerprint density at radius 3 is 1.81 bits per heavy atom. The minimum atomic E-state index is -1.57. The molecule has 0 amide bonds. The van der Waals surface area contributed by atoms with E-state index < -0.39 is 8.32 Å². The fourth-order valence-electron chi connectivity index (χ4n) is 3.61. The second kappa shape index (κ2) is 13.4.